The van der Waals surface area contributed by atoms with Gasteiger partial charge in [-0.25, -0.2) is 4.79 Å². The molecule has 0 radical (unpaired) electrons. The average Bonchev–Trinajstić information content (AvgIpc) is 2.73. The molecule has 0 saturated carbocycles. The number of oxime groups is 1. The standard InChI is InChI=1S/C11H21N3O2/c1-3-4-5-7-12-11(15)14-8-6-10(9-14)13-16-2/h3-9H2,1-2H3,(H,12,15). The minimum Gasteiger partial charge on any atom is -0.399 e. The van der Waals surface area contributed by atoms with Gasteiger partial charge in [-0.15, -0.1) is 0 Å². The Labute approximate surface area is 96.8 Å². The van der Waals surface area contributed by atoms with E-state index in [0.717, 1.165) is 38.1 Å². The van der Waals surface area contributed by atoms with Crippen LogP contribution in [0.2, 0.25) is 0 Å². The third-order valence-electron chi connectivity index (χ3n) is 2.61. The number of rotatable bonds is 5. The minimum atomic E-state index is 0.0115. The molecule has 0 aromatic rings. The lowest BCUT2D eigenvalue weighted by Gasteiger charge is -2.15. The third kappa shape index (κ3) is 4.08. The van der Waals surface area contributed by atoms with E-state index in [4.69, 9.17) is 4.84 Å². The molecule has 1 aliphatic rings. The summed E-state index contributed by atoms with van der Waals surface area (Å²) in [6, 6.07) is 0.0115. The first-order valence-electron chi connectivity index (χ1n) is 5.89. The van der Waals surface area contributed by atoms with Gasteiger partial charge in [0.15, 0.2) is 0 Å². The number of carbonyl (C=O) groups excluding carboxylic acids is 1. The average molecular weight is 227 g/mol. The van der Waals surface area contributed by atoms with Crippen LogP contribution >= 0.6 is 0 Å². The van der Waals surface area contributed by atoms with E-state index in [-0.39, 0.29) is 6.03 Å². The normalized spacial score (nSPS) is 17.9. The summed E-state index contributed by atoms with van der Waals surface area (Å²) in [5.41, 5.74) is 0.936. The minimum absolute atomic E-state index is 0.0115. The summed E-state index contributed by atoms with van der Waals surface area (Å²) in [4.78, 5) is 18.1. The molecule has 2 amide bonds. The Bertz CT molecular complexity index is 254. The van der Waals surface area contributed by atoms with Crippen LogP contribution in [0, 0.1) is 0 Å². The second-order valence-electron chi connectivity index (χ2n) is 3.95. The van der Waals surface area contributed by atoms with E-state index >= 15 is 0 Å². The Kier molecular flexibility index (Phi) is 5.67. The van der Waals surface area contributed by atoms with Crippen LogP contribution in [0.3, 0.4) is 0 Å². The Morgan fingerprint density at radius 1 is 1.56 bits per heavy atom. The lowest BCUT2D eigenvalue weighted by molar-refractivity contribution is 0.207. The zero-order chi connectivity index (χ0) is 11.8. The Hall–Kier alpha value is -1.26. The van der Waals surface area contributed by atoms with Crippen LogP contribution in [0.1, 0.15) is 32.6 Å². The molecule has 0 spiro atoms. The van der Waals surface area contributed by atoms with Gasteiger partial charge in [0.25, 0.3) is 0 Å². The van der Waals surface area contributed by atoms with Crippen LogP contribution < -0.4 is 5.32 Å². The second-order valence-corrected chi connectivity index (χ2v) is 3.95. The van der Waals surface area contributed by atoms with Crippen LogP contribution in [0.5, 0.6) is 0 Å². The predicted octanol–water partition coefficient (Wildman–Crippen LogP) is 1.59. The van der Waals surface area contributed by atoms with Gasteiger partial charge in [-0.1, -0.05) is 24.9 Å². The first-order valence-corrected chi connectivity index (χ1v) is 5.89. The topological polar surface area (TPSA) is 53.9 Å². The lowest BCUT2D eigenvalue weighted by Crippen LogP contribution is -2.38. The number of hydrogen-bond acceptors (Lipinski definition) is 3. The number of nitrogens with one attached hydrogen (secondary N) is 1. The molecule has 0 aromatic heterocycles. The highest BCUT2D eigenvalue weighted by Crippen LogP contribution is 2.06. The van der Waals surface area contributed by atoms with Crippen LogP contribution in [-0.2, 0) is 4.84 Å². The highest BCUT2D eigenvalue weighted by atomic mass is 16.6. The van der Waals surface area contributed by atoms with Gasteiger partial charge in [0, 0.05) is 19.5 Å². The lowest BCUT2D eigenvalue weighted by atomic mass is 10.2. The summed E-state index contributed by atoms with van der Waals surface area (Å²) in [6.45, 7) is 4.24. The number of urea groups is 1. The number of likely N-dealkylation sites (tertiary alicyclic amines) is 1. The van der Waals surface area contributed by atoms with Crippen LogP contribution in [0.15, 0.2) is 5.16 Å². The van der Waals surface area contributed by atoms with Crippen LogP contribution in [0.4, 0.5) is 4.79 Å². The zero-order valence-corrected chi connectivity index (χ0v) is 10.2. The van der Waals surface area contributed by atoms with Gasteiger partial charge in [-0.2, -0.15) is 0 Å². The van der Waals surface area contributed by atoms with Crippen molar-refractivity contribution in [3.63, 3.8) is 0 Å². The van der Waals surface area contributed by atoms with Crippen molar-refractivity contribution in [3.8, 4) is 0 Å². The van der Waals surface area contributed by atoms with Crippen molar-refractivity contribution in [2.24, 2.45) is 5.16 Å². The van der Waals surface area contributed by atoms with E-state index in [0.29, 0.717) is 6.54 Å². The largest absolute Gasteiger partial charge is 0.399 e. The van der Waals surface area contributed by atoms with Crippen molar-refractivity contribution in [2.75, 3.05) is 26.7 Å². The molecule has 1 aliphatic heterocycles. The molecule has 0 atom stereocenters. The van der Waals surface area contributed by atoms with Gasteiger partial charge >= 0.3 is 6.03 Å². The fourth-order valence-corrected chi connectivity index (χ4v) is 1.70. The molecule has 0 bridgehead atoms. The van der Waals surface area contributed by atoms with Crippen molar-refractivity contribution >= 4 is 11.7 Å². The maximum Gasteiger partial charge on any atom is 0.317 e. The van der Waals surface area contributed by atoms with Gasteiger partial charge in [-0.3, -0.25) is 0 Å². The highest BCUT2D eigenvalue weighted by Gasteiger charge is 2.22. The molecular formula is C11H21N3O2. The zero-order valence-electron chi connectivity index (χ0n) is 10.2. The molecule has 16 heavy (non-hydrogen) atoms. The van der Waals surface area contributed by atoms with Gasteiger partial charge in [0.05, 0.1) is 12.3 Å². The van der Waals surface area contributed by atoms with Crippen molar-refractivity contribution in [3.05, 3.63) is 0 Å². The van der Waals surface area contributed by atoms with E-state index in [1.54, 1.807) is 4.90 Å². The maximum absolute atomic E-state index is 11.7. The van der Waals surface area contributed by atoms with Gasteiger partial charge in [-0.05, 0) is 6.42 Å². The van der Waals surface area contributed by atoms with Crippen molar-refractivity contribution in [1.82, 2.24) is 10.2 Å². The Balaban J connectivity index is 2.20. The number of carbonyl (C=O) groups is 1. The predicted molar refractivity (Wildman–Crippen MR) is 63.6 cm³/mol. The van der Waals surface area contributed by atoms with Crippen molar-refractivity contribution < 1.29 is 9.63 Å². The monoisotopic (exact) mass is 227 g/mol. The summed E-state index contributed by atoms with van der Waals surface area (Å²) in [5.74, 6) is 0. The first-order chi connectivity index (χ1) is 7.77. The molecule has 1 heterocycles. The summed E-state index contributed by atoms with van der Waals surface area (Å²) >= 11 is 0. The Morgan fingerprint density at radius 3 is 3.06 bits per heavy atom. The summed E-state index contributed by atoms with van der Waals surface area (Å²) in [6.07, 6.45) is 4.20. The molecule has 5 heteroatoms. The Morgan fingerprint density at radius 2 is 2.38 bits per heavy atom. The number of unbranched alkanes of at least 4 members (excludes halogenated alkanes) is 2. The molecule has 1 N–H and O–H groups in total. The van der Waals surface area contributed by atoms with E-state index in [1.807, 2.05) is 0 Å². The summed E-state index contributed by atoms with van der Waals surface area (Å²) in [5, 5.41) is 6.77. The maximum atomic E-state index is 11.7. The number of hydrogen-bond donors (Lipinski definition) is 1. The molecule has 5 nitrogen and oxygen atoms in total. The van der Waals surface area contributed by atoms with E-state index in [2.05, 4.69) is 17.4 Å². The summed E-state index contributed by atoms with van der Waals surface area (Å²) in [7, 11) is 1.53. The van der Waals surface area contributed by atoms with Crippen molar-refractivity contribution in [2.45, 2.75) is 32.6 Å². The second kappa shape index (κ2) is 7.09. The molecule has 0 unspecified atom stereocenters. The highest BCUT2D eigenvalue weighted by molar-refractivity contribution is 5.92. The van der Waals surface area contributed by atoms with E-state index in [9.17, 15) is 4.79 Å². The molecule has 92 valence electrons. The van der Waals surface area contributed by atoms with E-state index < -0.39 is 0 Å². The van der Waals surface area contributed by atoms with Crippen molar-refractivity contribution in [1.29, 1.82) is 0 Å². The molecule has 0 aromatic carbocycles. The summed E-state index contributed by atoms with van der Waals surface area (Å²) < 4.78 is 0. The molecule has 1 fully saturated rings. The third-order valence-corrected chi connectivity index (χ3v) is 2.61. The fraction of sp³-hybridized carbons (Fsp3) is 0.818. The number of amides is 2. The fourth-order valence-electron chi connectivity index (χ4n) is 1.70. The van der Waals surface area contributed by atoms with E-state index in [1.165, 1.54) is 13.5 Å². The molecule has 1 rings (SSSR count). The van der Waals surface area contributed by atoms with Crippen LogP contribution in [0.25, 0.3) is 0 Å². The van der Waals surface area contributed by atoms with Gasteiger partial charge in [0.1, 0.15) is 7.11 Å². The molecular weight excluding hydrogens is 206 g/mol. The molecule has 1 saturated heterocycles. The SMILES string of the molecule is CCCCCNC(=O)N1CCC(=NOC)C1. The number of nitrogens with zero attached hydrogens (tertiary/aromatic N) is 2. The quantitative estimate of drug-likeness (QED) is 0.573. The van der Waals surface area contributed by atoms with Crippen LogP contribution in [-0.4, -0.2) is 43.4 Å². The van der Waals surface area contributed by atoms with Gasteiger partial charge in [0.2, 0.25) is 0 Å². The smallest absolute Gasteiger partial charge is 0.317 e. The molecule has 0 aliphatic carbocycles. The first kappa shape index (κ1) is 12.8. The van der Waals surface area contributed by atoms with Gasteiger partial charge < -0.3 is 15.1 Å².